The molecule has 0 spiro atoms. The molecule has 1 N–H and O–H groups in total. The molecule has 1 aromatic rings. The van der Waals surface area contributed by atoms with Crippen molar-refractivity contribution in [1.82, 2.24) is 0 Å². The molecule has 14 heavy (non-hydrogen) atoms. The Balaban J connectivity index is 2.42. The highest BCUT2D eigenvalue weighted by Gasteiger charge is 1.99. The SMILES string of the molecule is CCCC[n+]1ccc(CCCO)cc1. The van der Waals surface area contributed by atoms with Gasteiger partial charge in [-0.25, -0.2) is 4.57 Å². The first kappa shape index (κ1) is 11.2. The predicted octanol–water partition coefficient (Wildman–Crippen LogP) is 1.70. The topological polar surface area (TPSA) is 24.1 Å². The van der Waals surface area contributed by atoms with E-state index in [0.717, 1.165) is 19.4 Å². The summed E-state index contributed by atoms with van der Waals surface area (Å²) in [6.07, 6.45) is 8.56. The van der Waals surface area contributed by atoms with E-state index in [2.05, 4.69) is 36.0 Å². The Bertz CT molecular complexity index is 216. The van der Waals surface area contributed by atoms with E-state index in [0.29, 0.717) is 0 Å². The monoisotopic (exact) mass is 194 g/mol. The summed E-state index contributed by atoms with van der Waals surface area (Å²) in [6, 6.07) is 4.29. The maximum absolute atomic E-state index is 8.69. The first-order valence-electron chi connectivity index (χ1n) is 5.45. The van der Waals surface area contributed by atoms with Gasteiger partial charge in [-0.05, 0) is 18.4 Å². The molecule has 0 aliphatic heterocycles. The molecule has 1 rings (SSSR count). The lowest BCUT2D eigenvalue weighted by molar-refractivity contribution is -0.697. The van der Waals surface area contributed by atoms with Crippen LogP contribution in [0.5, 0.6) is 0 Å². The predicted molar refractivity (Wildman–Crippen MR) is 57.0 cm³/mol. The Kier molecular flexibility index (Phi) is 5.23. The largest absolute Gasteiger partial charge is 0.396 e. The molecule has 0 atom stereocenters. The number of aryl methyl sites for hydroxylation is 2. The van der Waals surface area contributed by atoms with Gasteiger partial charge in [0.05, 0.1) is 0 Å². The third-order valence-electron chi connectivity index (χ3n) is 2.35. The van der Waals surface area contributed by atoms with E-state index in [-0.39, 0.29) is 6.61 Å². The maximum atomic E-state index is 8.69. The van der Waals surface area contributed by atoms with Crippen LogP contribution in [0.25, 0.3) is 0 Å². The maximum Gasteiger partial charge on any atom is 0.169 e. The van der Waals surface area contributed by atoms with Gasteiger partial charge >= 0.3 is 0 Å². The number of aliphatic hydroxyl groups is 1. The molecule has 0 fully saturated rings. The number of unbranched alkanes of at least 4 members (excludes halogenated alkanes) is 1. The van der Waals surface area contributed by atoms with Crippen molar-refractivity contribution in [2.45, 2.75) is 39.2 Å². The summed E-state index contributed by atoms with van der Waals surface area (Å²) in [4.78, 5) is 0. The third-order valence-corrected chi connectivity index (χ3v) is 2.35. The van der Waals surface area contributed by atoms with Crippen molar-refractivity contribution in [1.29, 1.82) is 0 Å². The van der Waals surface area contributed by atoms with Crippen molar-refractivity contribution < 1.29 is 9.67 Å². The fraction of sp³-hybridized carbons (Fsp3) is 0.583. The van der Waals surface area contributed by atoms with Crippen LogP contribution in [0.15, 0.2) is 24.5 Å². The molecule has 0 saturated carbocycles. The Morgan fingerprint density at radius 3 is 2.50 bits per heavy atom. The van der Waals surface area contributed by atoms with Gasteiger partial charge in [-0.2, -0.15) is 0 Å². The third kappa shape index (κ3) is 3.88. The Hall–Kier alpha value is -0.890. The lowest BCUT2D eigenvalue weighted by Crippen LogP contribution is -2.32. The molecule has 0 saturated heterocycles. The number of nitrogens with zero attached hydrogens (tertiary/aromatic N) is 1. The van der Waals surface area contributed by atoms with E-state index in [1.807, 2.05) is 0 Å². The second-order valence-corrected chi connectivity index (χ2v) is 3.62. The number of rotatable bonds is 6. The van der Waals surface area contributed by atoms with E-state index in [1.54, 1.807) is 0 Å². The smallest absolute Gasteiger partial charge is 0.169 e. The summed E-state index contributed by atoms with van der Waals surface area (Å²) in [6.45, 7) is 3.59. The molecule has 0 aliphatic rings. The lowest BCUT2D eigenvalue weighted by Gasteiger charge is -1.98. The molecular weight excluding hydrogens is 174 g/mol. The fourth-order valence-electron chi connectivity index (χ4n) is 1.43. The van der Waals surface area contributed by atoms with Gasteiger partial charge in [-0.3, -0.25) is 0 Å². The summed E-state index contributed by atoms with van der Waals surface area (Å²) >= 11 is 0. The first-order valence-corrected chi connectivity index (χ1v) is 5.45. The van der Waals surface area contributed by atoms with Gasteiger partial charge in [0.15, 0.2) is 12.4 Å². The molecule has 0 aromatic carbocycles. The highest BCUT2D eigenvalue weighted by Crippen LogP contribution is 1.99. The van der Waals surface area contributed by atoms with Crippen LogP contribution in [0.3, 0.4) is 0 Å². The van der Waals surface area contributed by atoms with Crippen LogP contribution in [-0.2, 0) is 13.0 Å². The molecule has 78 valence electrons. The molecule has 0 unspecified atom stereocenters. The average Bonchev–Trinajstić information content (AvgIpc) is 2.25. The van der Waals surface area contributed by atoms with E-state index in [1.165, 1.54) is 18.4 Å². The minimum atomic E-state index is 0.282. The zero-order valence-corrected chi connectivity index (χ0v) is 8.95. The van der Waals surface area contributed by atoms with Crippen LogP contribution in [0.2, 0.25) is 0 Å². The summed E-state index contributed by atoms with van der Waals surface area (Å²) < 4.78 is 2.21. The Labute approximate surface area is 86.2 Å². The van der Waals surface area contributed by atoms with Crippen molar-refractivity contribution in [3.8, 4) is 0 Å². The van der Waals surface area contributed by atoms with Crippen molar-refractivity contribution in [3.05, 3.63) is 30.1 Å². The van der Waals surface area contributed by atoms with Crippen LogP contribution in [0, 0.1) is 0 Å². The highest BCUT2D eigenvalue weighted by atomic mass is 16.2. The zero-order chi connectivity index (χ0) is 10.2. The summed E-state index contributed by atoms with van der Waals surface area (Å²) in [5.41, 5.74) is 1.31. The molecule has 1 heterocycles. The minimum absolute atomic E-state index is 0.282. The molecule has 0 aliphatic carbocycles. The van der Waals surface area contributed by atoms with Crippen molar-refractivity contribution in [3.63, 3.8) is 0 Å². The molecule has 0 radical (unpaired) electrons. The molecular formula is C12H20NO+. The number of hydrogen-bond acceptors (Lipinski definition) is 1. The number of aromatic nitrogens is 1. The van der Waals surface area contributed by atoms with Crippen molar-refractivity contribution in [2.24, 2.45) is 0 Å². The van der Waals surface area contributed by atoms with Crippen LogP contribution in [0.4, 0.5) is 0 Å². The molecule has 1 aromatic heterocycles. The minimum Gasteiger partial charge on any atom is -0.396 e. The first-order chi connectivity index (χ1) is 6.86. The van der Waals surface area contributed by atoms with E-state index >= 15 is 0 Å². The second-order valence-electron chi connectivity index (χ2n) is 3.62. The normalized spacial score (nSPS) is 10.4. The van der Waals surface area contributed by atoms with Crippen LogP contribution >= 0.6 is 0 Å². The molecule has 2 heteroatoms. The zero-order valence-electron chi connectivity index (χ0n) is 8.95. The molecule has 0 amide bonds. The quantitative estimate of drug-likeness (QED) is 0.685. The Morgan fingerprint density at radius 2 is 1.93 bits per heavy atom. The summed E-state index contributed by atoms with van der Waals surface area (Å²) in [5.74, 6) is 0. The van der Waals surface area contributed by atoms with Gasteiger partial charge < -0.3 is 5.11 Å². The van der Waals surface area contributed by atoms with E-state index in [4.69, 9.17) is 5.11 Å². The van der Waals surface area contributed by atoms with Crippen molar-refractivity contribution in [2.75, 3.05) is 6.61 Å². The summed E-state index contributed by atoms with van der Waals surface area (Å²) in [7, 11) is 0. The van der Waals surface area contributed by atoms with Gasteiger partial charge in [0.1, 0.15) is 6.54 Å². The highest BCUT2D eigenvalue weighted by molar-refractivity contribution is 5.07. The number of hydrogen-bond donors (Lipinski definition) is 1. The number of aliphatic hydroxyl groups excluding tert-OH is 1. The van der Waals surface area contributed by atoms with Crippen molar-refractivity contribution >= 4 is 0 Å². The Morgan fingerprint density at radius 1 is 1.21 bits per heavy atom. The van der Waals surface area contributed by atoms with E-state index in [9.17, 15) is 0 Å². The standard InChI is InChI=1S/C12H20NO/c1-2-3-8-13-9-6-12(7-10-13)5-4-11-14/h6-7,9-10,14H,2-5,8,11H2,1H3/q+1. The van der Waals surface area contributed by atoms with Gasteiger partial charge in [-0.15, -0.1) is 0 Å². The average molecular weight is 194 g/mol. The van der Waals surface area contributed by atoms with Gasteiger partial charge in [0.25, 0.3) is 0 Å². The second kappa shape index (κ2) is 6.55. The number of pyridine rings is 1. The molecule has 0 bridgehead atoms. The van der Waals surface area contributed by atoms with E-state index < -0.39 is 0 Å². The van der Waals surface area contributed by atoms with Gasteiger partial charge in [0, 0.05) is 25.2 Å². The molecule has 2 nitrogen and oxygen atoms in total. The van der Waals surface area contributed by atoms with Crippen LogP contribution in [-0.4, -0.2) is 11.7 Å². The van der Waals surface area contributed by atoms with Crippen LogP contribution in [0.1, 0.15) is 31.7 Å². The van der Waals surface area contributed by atoms with Crippen LogP contribution < -0.4 is 4.57 Å². The van der Waals surface area contributed by atoms with Gasteiger partial charge in [-0.1, -0.05) is 13.3 Å². The fourth-order valence-corrected chi connectivity index (χ4v) is 1.43. The van der Waals surface area contributed by atoms with Gasteiger partial charge in [0.2, 0.25) is 0 Å². The summed E-state index contributed by atoms with van der Waals surface area (Å²) in [5, 5.41) is 8.69. The lowest BCUT2D eigenvalue weighted by atomic mass is 10.1.